The highest BCUT2D eigenvalue weighted by atomic mass is 33.1. The lowest BCUT2D eigenvalue weighted by Crippen LogP contribution is -2.56. The third kappa shape index (κ3) is 13.2. The average Bonchev–Trinajstić information content (AvgIpc) is 3.05. The van der Waals surface area contributed by atoms with Crippen molar-refractivity contribution >= 4 is 51.1 Å². The number of hydroxylamine groups is 1. The van der Waals surface area contributed by atoms with E-state index in [4.69, 9.17) is 35.9 Å². The summed E-state index contributed by atoms with van der Waals surface area (Å²) in [6.07, 6.45) is 9.59. The number of aliphatic hydroxyl groups is 1. The van der Waals surface area contributed by atoms with Crippen molar-refractivity contribution in [2.45, 2.75) is 120 Å². The van der Waals surface area contributed by atoms with E-state index in [0.29, 0.717) is 23.0 Å². The summed E-state index contributed by atoms with van der Waals surface area (Å²) in [6, 6.07) is -0.582. The Balaban J connectivity index is 1.89. The molecule has 2 fully saturated rings. The molecule has 0 aromatic rings. The number of allylic oxidation sites excluding steroid dienone is 3. The summed E-state index contributed by atoms with van der Waals surface area (Å²) in [5.74, 6) is 7.85. The lowest BCUT2D eigenvalue weighted by atomic mass is 9.79. The van der Waals surface area contributed by atoms with Gasteiger partial charge in [0, 0.05) is 47.0 Å². The van der Waals surface area contributed by atoms with E-state index in [1.807, 2.05) is 33.8 Å². The molecule has 2 heterocycles. The highest BCUT2D eigenvalue weighted by molar-refractivity contribution is 8.77. The molecule has 0 saturated carbocycles. The van der Waals surface area contributed by atoms with E-state index in [1.165, 1.54) is 40.8 Å². The second kappa shape index (κ2) is 20.7. The van der Waals surface area contributed by atoms with Crippen molar-refractivity contribution in [3.63, 3.8) is 0 Å². The van der Waals surface area contributed by atoms with Crippen molar-refractivity contribution in [3.05, 3.63) is 35.1 Å². The third-order valence-corrected chi connectivity index (χ3v) is 12.9. The smallest absolute Gasteiger partial charge is 0.411 e. The Bertz CT molecular complexity index is 1420. The van der Waals surface area contributed by atoms with E-state index in [-0.39, 0.29) is 48.7 Å². The maximum absolute atomic E-state index is 13.5. The van der Waals surface area contributed by atoms with Crippen LogP contribution in [-0.2, 0) is 33.4 Å². The number of carbonyl (C=O) groups excluding carboxylic acids is 3. The number of methoxy groups -OCH3 is 1. The topological polar surface area (TPSA) is 168 Å². The molecule has 15 heteroatoms. The van der Waals surface area contributed by atoms with Gasteiger partial charge in [0.2, 0.25) is 5.91 Å². The molecule has 51 heavy (non-hydrogen) atoms. The van der Waals surface area contributed by atoms with Gasteiger partial charge in [-0.05, 0) is 64.0 Å². The number of hydrogen-bond acceptors (Lipinski definition) is 13. The molecule has 1 aliphatic carbocycles. The molecular weight excluding hydrogens is 715 g/mol. The maximum atomic E-state index is 13.5. The SMILES string of the molecule is C#C/C=C\C#C[C@H](OC1CC(O)[C@H](NOC2CC[C@H](SC)C(C)O2)C(C)O1)C1=C(NC(=O)OC)C(=O)CC(C)/C1=C/CSSC(C)(C)CC(N)=O. The zero-order valence-corrected chi connectivity index (χ0v) is 32.7. The fourth-order valence-corrected chi connectivity index (χ4v) is 9.22. The molecule has 0 aromatic heterocycles. The predicted octanol–water partition coefficient (Wildman–Crippen LogP) is 4.39. The molecular formula is C36H51N3O9S3. The van der Waals surface area contributed by atoms with Gasteiger partial charge in [0.1, 0.15) is 6.10 Å². The second-order valence-electron chi connectivity index (χ2n) is 13.1. The van der Waals surface area contributed by atoms with Crippen molar-refractivity contribution in [1.29, 1.82) is 0 Å². The van der Waals surface area contributed by atoms with E-state index in [2.05, 4.69) is 34.8 Å². The zero-order valence-electron chi connectivity index (χ0n) is 30.3. The Morgan fingerprint density at radius 2 is 1.90 bits per heavy atom. The van der Waals surface area contributed by atoms with Crippen molar-refractivity contribution in [2.24, 2.45) is 11.7 Å². The number of Topliss-reactive ketones (excluding diaryl/α,β-unsaturated/α-hetero) is 1. The average molecular weight is 766 g/mol. The van der Waals surface area contributed by atoms with Gasteiger partial charge in [0.15, 0.2) is 18.4 Å². The molecule has 2 saturated heterocycles. The van der Waals surface area contributed by atoms with Crippen LogP contribution in [0.1, 0.15) is 66.7 Å². The van der Waals surface area contributed by atoms with Crippen molar-refractivity contribution < 1.29 is 43.3 Å². The Morgan fingerprint density at radius 1 is 1.18 bits per heavy atom. The molecule has 3 aliphatic rings. The van der Waals surface area contributed by atoms with E-state index >= 15 is 0 Å². The standard InChI is InChI=1S/C36H51N3O9S3/c1-9-10-11-12-13-27(47-31-19-26(41)33(23(4)46-31)39-48-30-15-14-28(49-8)22(3)45-30)32-24(16-17-50-51-36(5,6)20-29(37)42)21(2)18-25(40)34(32)38-35(43)44-7/h1,10-11,16,21-23,26-28,30-31,33,39,41H,14-15,17-20H2,2-8H3,(H2,37,42)(H,38,43)/b11-10-,24-16-/t21?,22?,23?,26?,27-,28-,30?,31?,33+/m0/s1. The normalized spacial score (nSPS) is 30.0. The fraction of sp³-hybridized carbons (Fsp3) is 0.639. The van der Waals surface area contributed by atoms with Crippen LogP contribution in [0.5, 0.6) is 0 Å². The molecule has 5 N–H and O–H groups in total. The molecule has 282 valence electrons. The number of ketones is 1. The van der Waals surface area contributed by atoms with Crippen LogP contribution in [0.15, 0.2) is 35.1 Å². The van der Waals surface area contributed by atoms with E-state index in [0.717, 1.165) is 12.0 Å². The predicted molar refractivity (Wildman–Crippen MR) is 202 cm³/mol. The van der Waals surface area contributed by atoms with Gasteiger partial charge in [-0.2, -0.15) is 17.2 Å². The second-order valence-corrected chi connectivity index (χ2v) is 17.3. The summed E-state index contributed by atoms with van der Waals surface area (Å²) in [7, 11) is 4.25. The van der Waals surface area contributed by atoms with Crippen LogP contribution in [0.3, 0.4) is 0 Å². The van der Waals surface area contributed by atoms with Gasteiger partial charge < -0.3 is 29.8 Å². The van der Waals surface area contributed by atoms with Crippen LogP contribution >= 0.6 is 33.3 Å². The number of thioether (sulfide) groups is 1. The lowest BCUT2D eigenvalue weighted by molar-refractivity contribution is -0.266. The molecule has 0 spiro atoms. The molecule has 0 bridgehead atoms. The zero-order chi connectivity index (χ0) is 37.7. The minimum absolute atomic E-state index is 0.000845. The lowest BCUT2D eigenvalue weighted by Gasteiger charge is -2.41. The number of nitrogens with one attached hydrogen (secondary N) is 2. The number of aliphatic hydroxyl groups excluding tert-OH is 1. The van der Waals surface area contributed by atoms with Crippen molar-refractivity contribution in [3.8, 4) is 24.2 Å². The van der Waals surface area contributed by atoms with Gasteiger partial charge >= 0.3 is 6.09 Å². The first-order valence-electron chi connectivity index (χ1n) is 16.8. The summed E-state index contributed by atoms with van der Waals surface area (Å²) in [5.41, 5.74) is 9.49. The molecule has 6 unspecified atom stereocenters. The van der Waals surface area contributed by atoms with Crippen LogP contribution in [0.4, 0.5) is 4.79 Å². The van der Waals surface area contributed by atoms with E-state index < -0.39 is 47.8 Å². The summed E-state index contributed by atoms with van der Waals surface area (Å²) in [5, 5.41) is 14.2. The summed E-state index contributed by atoms with van der Waals surface area (Å²) >= 11 is 1.77. The molecule has 0 radical (unpaired) electrons. The van der Waals surface area contributed by atoms with Crippen molar-refractivity contribution in [1.82, 2.24) is 10.8 Å². The van der Waals surface area contributed by atoms with Gasteiger partial charge in [-0.3, -0.25) is 19.7 Å². The van der Waals surface area contributed by atoms with Gasteiger partial charge in [-0.1, -0.05) is 52.3 Å². The van der Waals surface area contributed by atoms with Gasteiger partial charge in [0.05, 0.1) is 37.2 Å². The van der Waals surface area contributed by atoms with Crippen molar-refractivity contribution in [2.75, 3.05) is 19.1 Å². The number of nitrogens with two attached hydrogens (primary N) is 1. The number of carbonyl (C=O) groups is 3. The fourth-order valence-electron chi connectivity index (χ4n) is 6.02. The maximum Gasteiger partial charge on any atom is 0.411 e. The highest BCUT2D eigenvalue weighted by Gasteiger charge is 2.41. The van der Waals surface area contributed by atoms with Crippen LogP contribution in [0, 0.1) is 30.1 Å². The van der Waals surface area contributed by atoms with Crippen LogP contribution in [0.25, 0.3) is 0 Å². The Hall–Kier alpha value is -2.44. The minimum Gasteiger partial charge on any atom is -0.453 e. The molecule has 2 aliphatic heterocycles. The highest BCUT2D eigenvalue weighted by Crippen LogP contribution is 2.40. The molecule has 2 amide bonds. The summed E-state index contributed by atoms with van der Waals surface area (Å²) in [4.78, 5) is 43.4. The summed E-state index contributed by atoms with van der Waals surface area (Å²) in [6.45, 7) is 9.60. The first kappa shape index (κ1) is 43.0. The quantitative estimate of drug-likeness (QED) is 0.0852. The number of alkyl carbamates (subject to hydrolysis) is 1. The number of hydrogen-bond donors (Lipinski definition) is 4. The molecule has 12 nitrogen and oxygen atoms in total. The number of ether oxygens (including phenoxy) is 4. The molecule has 0 aromatic carbocycles. The Kier molecular flexibility index (Phi) is 17.4. The third-order valence-electron chi connectivity index (χ3n) is 8.51. The van der Waals surface area contributed by atoms with Crippen LogP contribution in [0.2, 0.25) is 0 Å². The first-order chi connectivity index (χ1) is 24.2. The molecule has 9 atom stereocenters. The monoisotopic (exact) mass is 765 g/mol. The number of terminal acetylenes is 1. The summed E-state index contributed by atoms with van der Waals surface area (Å²) < 4.78 is 23.2. The Labute approximate surface area is 313 Å². The van der Waals surface area contributed by atoms with E-state index in [1.54, 1.807) is 18.7 Å². The van der Waals surface area contributed by atoms with Crippen LogP contribution < -0.4 is 16.5 Å². The minimum atomic E-state index is -1.09. The largest absolute Gasteiger partial charge is 0.453 e. The van der Waals surface area contributed by atoms with Gasteiger partial charge in [-0.25, -0.2) is 4.79 Å². The number of rotatable bonds is 14. The Morgan fingerprint density at radius 3 is 2.53 bits per heavy atom. The molecule has 3 rings (SSSR count). The number of amides is 2. The number of primary amides is 1. The van der Waals surface area contributed by atoms with E-state index in [9.17, 15) is 19.5 Å². The van der Waals surface area contributed by atoms with Gasteiger partial charge in [-0.15, -0.1) is 6.42 Å². The van der Waals surface area contributed by atoms with Gasteiger partial charge in [0.25, 0.3) is 0 Å². The first-order valence-corrected chi connectivity index (χ1v) is 20.4. The van der Waals surface area contributed by atoms with Crippen LogP contribution in [-0.4, -0.2) is 95.0 Å².